The number of ether oxygens (including phenoxy) is 3. The maximum Gasteiger partial charge on any atom is 0.425 e. The number of amides is 1. The van der Waals surface area contributed by atoms with E-state index in [1.54, 1.807) is 20.8 Å². The summed E-state index contributed by atoms with van der Waals surface area (Å²) in [6, 6.07) is -0.889. The summed E-state index contributed by atoms with van der Waals surface area (Å²) < 4.78 is 15.8. The number of cyclic esters (lactones) is 1. The zero-order chi connectivity index (χ0) is 22.9. The number of nitrogens with two attached hydrogens (primary N) is 1. The Bertz CT molecular complexity index is 740. The zero-order valence-corrected chi connectivity index (χ0v) is 18.0. The molecule has 3 unspecified atom stereocenters. The van der Waals surface area contributed by atoms with E-state index >= 15 is 0 Å². The van der Waals surface area contributed by atoms with Crippen molar-refractivity contribution >= 4 is 30.1 Å². The Morgan fingerprint density at radius 1 is 1.17 bits per heavy atom. The van der Waals surface area contributed by atoms with Crippen molar-refractivity contribution in [3.8, 4) is 0 Å². The number of esters is 1. The number of hydrogen-bond acceptors (Lipinski definition) is 9. The van der Waals surface area contributed by atoms with Gasteiger partial charge in [-0.1, -0.05) is 13.8 Å². The number of rotatable bonds is 2. The van der Waals surface area contributed by atoms with Crippen molar-refractivity contribution in [2.45, 2.75) is 71.1 Å². The molecule has 2 saturated heterocycles. The predicted octanol–water partition coefficient (Wildman–Crippen LogP) is 1.14. The van der Waals surface area contributed by atoms with Crippen LogP contribution in [0.4, 0.5) is 4.79 Å². The van der Waals surface area contributed by atoms with Crippen molar-refractivity contribution in [1.29, 1.82) is 0 Å². The van der Waals surface area contributed by atoms with Gasteiger partial charge in [0.1, 0.15) is 35.7 Å². The fraction of sp³-hybridized carbons (Fsp3) is 0.750. The predicted molar refractivity (Wildman–Crippen MR) is 103 cm³/mol. The van der Waals surface area contributed by atoms with E-state index in [4.69, 9.17) is 20.1 Å². The van der Waals surface area contributed by atoms with Crippen molar-refractivity contribution in [1.82, 2.24) is 5.01 Å². The lowest BCUT2D eigenvalue weighted by Crippen LogP contribution is -2.55. The molecule has 6 atom stereocenters. The van der Waals surface area contributed by atoms with Gasteiger partial charge in [-0.3, -0.25) is 19.2 Å². The minimum Gasteiger partial charge on any atom is -0.462 e. The van der Waals surface area contributed by atoms with Crippen LogP contribution in [-0.4, -0.2) is 59.0 Å². The van der Waals surface area contributed by atoms with Crippen molar-refractivity contribution in [3.63, 3.8) is 0 Å². The number of carbonyl (C=O) groups excluding carboxylic acids is 5. The molecule has 10 nitrogen and oxygen atoms in total. The van der Waals surface area contributed by atoms with Crippen molar-refractivity contribution in [3.05, 3.63) is 0 Å². The molecule has 0 aromatic heterocycles. The van der Waals surface area contributed by atoms with Gasteiger partial charge in [-0.2, -0.15) is 0 Å². The third-order valence-electron chi connectivity index (χ3n) is 6.17. The highest BCUT2D eigenvalue weighted by atomic mass is 16.6. The highest BCUT2D eigenvalue weighted by Gasteiger charge is 2.55. The molecule has 2 fully saturated rings. The highest BCUT2D eigenvalue weighted by molar-refractivity contribution is 5.98. The minimum atomic E-state index is -1.37. The van der Waals surface area contributed by atoms with Crippen LogP contribution in [0.1, 0.15) is 53.9 Å². The lowest BCUT2D eigenvalue weighted by atomic mass is 9.77. The summed E-state index contributed by atoms with van der Waals surface area (Å²) in [6.45, 7) is 7.86. The van der Waals surface area contributed by atoms with Crippen molar-refractivity contribution in [2.75, 3.05) is 6.61 Å². The molecule has 0 aliphatic carbocycles. The van der Waals surface area contributed by atoms with E-state index in [2.05, 4.69) is 0 Å². The topological polar surface area (TPSA) is 142 Å². The maximum atomic E-state index is 13.2. The van der Waals surface area contributed by atoms with Gasteiger partial charge in [-0.05, 0) is 33.6 Å². The number of fused-ring (bicyclic) bond motifs is 1. The molecule has 168 valence electrons. The number of hydrogen-bond donors (Lipinski definition) is 1. The summed E-state index contributed by atoms with van der Waals surface area (Å²) in [5.41, 5.74) is -2.45. The smallest absolute Gasteiger partial charge is 0.425 e. The molecule has 2 rings (SSSR count). The number of hydrazine groups is 1. The Morgan fingerprint density at radius 3 is 2.40 bits per heavy atom. The second kappa shape index (κ2) is 8.71. The van der Waals surface area contributed by atoms with Gasteiger partial charge in [-0.25, -0.2) is 15.6 Å². The lowest BCUT2D eigenvalue weighted by molar-refractivity contribution is -0.159. The molecular formula is C20H30N2O8. The van der Waals surface area contributed by atoms with E-state index in [0.29, 0.717) is 0 Å². The lowest BCUT2D eigenvalue weighted by Gasteiger charge is -2.36. The van der Waals surface area contributed by atoms with Crippen molar-refractivity contribution in [2.24, 2.45) is 23.6 Å². The van der Waals surface area contributed by atoms with Gasteiger partial charge < -0.3 is 14.2 Å². The first-order valence-corrected chi connectivity index (χ1v) is 9.96. The molecule has 0 aromatic rings. The van der Waals surface area contributed by atoms with E-state index < -0.39 is 47.1 Å². The molecule has 1 amide bonds. The van der Waals surface area contributed by atoms with Gasteiger partial charge in [0.25, 0.3) is 6.47 Å². The standard InChI is InChI=1S/C20H30N2O8/c1-11-8-19(4,29-10-23)7-6-14(24)12(2)17(26)28-9-20(5)16(13(3)15(11)25)22(21)18(27)30-20/h10-13,16H,6-9,21H2,1-5H3/t11-,12?,13?,16?,19+,20-/m1/s1. The van der Waals surface area contributed by atoms with Gasteiger partial charge in [0.15, 0.2) is 5.60 Å². The Labute approximate surface area is 175 Å². The van der Waals surface area contributed by atoms with Gasteiger partial charge >= 0.3 is 12.1 Å². The first-order valence-electron chi connectivity index (χ1n) is 9.96. The van der Waals surface area contributed by atoms with Crippen LogP contribution < -0.4 is 5.84 Å². The van der Waals surface area contributed by atoms with Crippen LogP contribution >= 0.6 is 0 Å². The van der Waals surface area contributed by atoms with E-state index in [1.165, 1.54) is 13.8 Å². The van der Waals surface area contributed by atoms with Crippen LogP contribution in [0.25, 0.3) is 0 Å². The number of ketones is 2. The molecular weight excluding hydrogens is 396 g/mol. The molecule has 0 bridgehead atoms. The summed E-state index contributed by atoms with van der Waals surface area (Å²) in [4.78, 5) is 61.2. The average molecular weight is 426 g/mol. The number of nitrogens with zero attached hydrogens (tertiary/aromatic N) is 1. The monoisotopic (exact) mass is 426 g/mol. The van der Waals surface area contributed by atoms with Crippen LogP contribution in [0.15, 0.2) is 0 Å². The van der Waals surface area contributed by atoms with E-state index in [0.717, 1.165) is 5.01 Å². The van der Waals surface area contributed by atoms with Crippen LogP contribution in [0.5, 0.6) is 0 Å². The number of carbonyl (C=O) groups is 5. The van der Waals surface area contributed by atoms with Crippen LogP contribution in [0.2, 0.25) is 0 Å². The van der Waals surface area contributed by atoms with Crippen LogP contribution in [0.3, 0.4) is 0 Å². The van der Waals surface area contributed by atoms with Gasteiger partial charge in [0.05, 0.1) is 0 Å². The summed E-state index contributed by atoms with van der Waals surface area (Å²) in [5.74, 6) is 2.16. The molecule has 30 heavy (non-hydrogen) atoms. The second-order valence-electron chi connectivity index (χ2n) is 8.79. The molecule has 2 heterocycles. The van der Waals surface area contributed by atoms with Crippen LogP contribution in [-0.2, 0) is 33.4 Å². The molecule has 0 spiro atoms. The fourth-order valence-corrected chi connectivity index (χ4v) is 4.36. The molecule has 0 saturated carbocycles. The molecule has 2 N–H and O–H groups in total. The van der Waals surface area contributed by atoms with Gasteiger partial charge in [0.2, 0.25) is 0 Å². The SMILES string of the molecule is CC1C(=O)CC[C@](C)(OC=O)C[C@@H](C)C(=O)C(C)C2N(N)C(=O)O[C@]2(C)COC1=O. The van der Waals surface area contributed by atoms with E-state index in [1.807, 2.05) is 0 Å². The Kier molecular flexibility index (Phi) is 6.90. The summed E-state index contributed by atoms with van der Waals surface area (Å²) in [6.07, 6.45) is -0.542. The fourth-order valence-electron chi connectivity index (χ4n) is 4.36. The van der Waals surface area contributed by atoms with Crippen LogP contribution in [0, 0.1) is 17.8 Å². The zero-order valence-electron chi connectivity index (χ0n) is 18.0. The maximum absolute atomic E-state index is 13.2. The Hall–Kier alpha value is -2.49. The van der Waals surface area contributed by atoms with Gasteiger partial charge in [0, 0.05) is 18.3 Å². The minimum absolute atomic E-state index is 0.0253. The third-order valence-corrected chi connectivity index (χ3v) is 6.17. The molecule has 2 aliphatic heterocycles. The Morgan fingerprint density at radius 2 is 1.80 bits per heavy atom. The highest BCUT2D eigenvalue weighted by Crippen LogP contribution is 2.36. The summed E-state index contributed by atoms with van der Waals surface area (Å²) in [7, 11) is 0. The molecule has 0 radical (unpaired) electrons. The molecule has 0 aromatic carbocycles. The Balaban J connectivity index is 2.43. The first-order chi connectivity index (χ1) is 13.8. The van der Waals surface area contributed by atoms with E-state index in [-0.39, 0.29) is 43.9 Å². The largest absolute Gasteiger partial charge is 0.462 e. The normalized spacial score (nSPS) is 38.9. The van der Waals surface area contributed by atoms with Crippen molar-refractivity contribution < 1.29 is 38.2 Å². The number of Topliss-reactive ketones (excluding diaryl/α,β-unsaturated/α-hetero) is 2. The van der Waals surface area contributed by atoms with E-state index in [9.17, 15) is 24.0 Å². The summed E-state index contributed by atoms with van der Waals surface area (Å²) in [5, 5.41) is 0.838. The first kappa shape index (κ1) is 23.8. The summed E-state index contributed by atoms with van der Waals surface area (Å²) >= 11 is 0. The third kappa shape index (κ3) is 4.63. The molecule has 10 heteroatoms. The van der Waals surface area contributed by atoms with Gasteiger partial charge in [-0.15, -0.1) is 0 Å². The quantitative estimate of drug-likeness (QED) is 0.172. The molecule has 2 aliphatic rings. The average Bonchev–Trinajstić information content (AvgIpc) is 2.90. The second-order valence-corrected chi connectivity index (χ2v) is 8.79.